The maximum Gasteiger partial charge on any atom is 0.241 e. The van der Waals surface area contributed by atoms with Crippen LogP contribution in [0.1, 0.15) is 11.1 Å². The molecule has 0 radical (unpaired) electrons. The van der Waals surface area contributed by atoms with Crippen molar-refractivity contribution in [1.82, 2.24) is 5.32 Å². The number of hydrogen-bond donors (Lipinski definition) is 2. The molecule has 2 N–H and O–H groups in total. The molecule has 1 heterocycles. The van der Waals surface area contributed by atoms with Crippen molar-refractivity contribution in [3.05, 3.63) is 64.1 Å². The van der Waals surface area contributed by atoms with Crippen LogP contribution in [-0.2, 0) is 17.8 Å². The monoisotopic (exact) mass is 330 g/mol. The zero-order valence-corrected chi connectivity index (χ0v) is 12.5. The number of carbonyl (C=O) groups is 1. The van der Waals surface area contributed by atoms with Crippen molar-refractivity contribution in [3.8, 4) is 0 Å². The van der Waals surface area contributed by atoms with E-state index < -0.39 is 0 Å². The highest BCUT2D eigenvalue weighted by molar-refractivity contribution is 9.10. The quantitative estimate of drug-likeness (QED) is 0.888. The van der Waals surface area contributed by atoms with E-state index in [1.54, 1.807) is 0 Å². The molecule has 0 unspecified atom stereocenters. The van der Waals surface area contributed by atoms with Gasteiger partial charge in [-0.3, -0.25) is 4.79 Å². The summed E-state index contributed by atoms with van der Waals surface area (Å²) in [6.45, 7) is 0.745. The van der Waals surface area contributed by atoms with Crippen LogP contribution in [0.4, 0.5) is 5.69 Å². The van der Waals surface area contributed by atoms with Crippen LogP contribution < -0.4 is 10.6 Å². The van der Waals surface area contributed by atoms with Gasteiger partial charge in [-0.15, -0.1) is 0 Å². The predicted octanol–water partition coefficient (Wildman–Crippen LogP) is 3.10. The molecule has 102 valence electrons. The molecule has 1 aliphatic rings. The van der Waals surface area contributed by atoms with E-state index in [2.05, 4.69) is 38.7 Å². The van der Waals surface area contributed by atoms with Gasteiger partial charge in [0.2, 0.25) is 5.91 Å². The predicted molar refractivity (Wildman–Crippen MR) is 83.5 cm³/mol. The van der Waals surface area contributed by atoms with Gasteiger partial charge in [-0.2, -0.15) is 0 Å². The Morgan fingerprint density at radius 1 is 1.10 bits per heavy atom. The van der Waals surface area contributed by atoms with E-state index in [9.17, 15) is 4.79 Å². The molecule has 3 rings (SSSR count). The summed E-state index contributed by atoms with van der Waals surface area (Å²) >= 11 is 3.38. The van der Waals surface area contributed by atoms with E-state index in [0.717, 1.165) is 23.1 Å². The van der Waals surface area contributed by atoms with Crippen LogP contribution in [-0.4, -0.2) is 11.9 Å². The Hall–Kier alpha value is -1.65. The second-order valence-corrected chi connectivity index (χ2v) is 5.82. The molecule has 2 aromatic rings. The third kappa shape index (κ3) is 2.92. The van der Waals surface area contributed by atoms with E-state index in [4.69, 9.17) is 0 Å². The van der Waals surface area contributed by atoms with Crippen LogP contribution in [0.15, 0.2) is 53.0 Å². The van der Waals surface area contributed by atoms with Crippen LogP contribution in [0.3, 0.4) is 0 Å². The fourth-order valence-electron chi connectivity index (χ4n) is 2.40. The third-order valence-electron chi connectivity index (χ3n) is 3.51. The number of amides is 1. The summed E-state index contributed by atoms with van der Waals surface area (Å²) in [4.78, 5) is 12.3. The topological polar surface area (TPSA) is 41.1 Å². The SMILES string of the molecule is O=C(Nc1ccc(Br)cc1)[C@@H]1Cc2ccccc2CN1. The smallest absolute Gasteiger partial charge is 0.241 e. The molecule has 1 amide bonds. The molecule has 1 aliphatic heterocycles. The van der Waals surface area contributed by atoms with Crippen LogP contribution in [0.25, 0.3) is 0 Å². The summed E-state index contributed by atoms with van der Waals surface area (Å²) in [6.07, 6.45) is 0.735. The molecule has 0 aromatic heterocycles. The summed E-state index contributed by atoms with van der Waals surface area (Å²) in [7, 11) is 0. The second-order valence-electron chi connectivity index (χ2n) is 4.90. The normalized spacial score (nSPS) is 17.4. The number of carbonyl (C=O) groups excluding carboxylic acids is 1. The van der Waals surface area contributed by atoms with Gasteiger partial charge in [0, 0.05) is 16.7 Å². The summed E-state index contributed by atoms with van der Waals surface area (Å²) in [5.74, 6) is 0.0156. The lowest BCUT2D eigenvalue weighted by Crippen LogP contribution is -2.44. The van der Waals surface area contributed by atoms with Gasteiger partial charge in [-0.05, 0) is 41.8 Å². The van der Waals surface area contributed by atoms with Crippen molar-refractivity contribution in [2.45, 2.75) is 19.0 Å². The minimum Gasteiger partial charge on any atom is -0.325 e. The first-order valence-corrected chi connectivity index (χ1v) is 7.38. The van der Waals surface area contributed by atoms with E-state index in [-0.39, 0.29) is 11.9 Å². The number of benzene rings is 2. The van der Waals surface area contributed by atoms with Gasteiger partial charge in [0.05, 0.1) is 6.04 Å². The van der Waals surface area contributed by atoms with Crippen LogP contribution in [0, 0.1) is 0 Å². The minimum atomic E-state index is -0.173. The van der Waals surface area contributed by atoms with Crippen molar-refractivity contribution in [1.29, 1.82) is 0 Å². The summed E-state index contributed by atoms with van der Waals surface area (Å²) in [5.41, 5.74) is 3.35. The van der Waals surface area contributed by atoms with Gasteiger partial charge in [0.15, 0.2) is 0 Å². The van der Waals surface area contributed by atoms with Crippen LogP contribution >= 0.6 is 15.9 Å². The number of fused-ring (bicyclic) bond motifs is 1. The third-order valence-corrected chi connectivity index (χ3v) is 4.04. The van der Waals surface area contributed by atoms with Crippen molar-refractivity contribution in [2.75, 3.05) is 5.32 Å². The van der Waals surface area contributed by atoms with Gasteiger partial charge >= 0.3 is 0 Å². The van der Waals surface area contributed by atoms with E-state index in [0.29, 0.717) is 0 Å². The Labute approximate surface area is 126 Å². The molecule has 1 atom stereocenters. The number of rotatable bonds is 2. The molecule has 0 saturated heterocycles. The molecule has 0 aliphatic carbocycles. The van der Waals surface area contributed by atoms with Gasteiger partial charge in [-0.25, -0.2) is 0 Å². The summed E-state index contributed by atoms with van der Waals surface area (Å²) in [5, 5.41) is 6.23. The fraction of sp³-hybridized carbons (Fsp3) is 0.188. The minimum absolute atomic E-state index is 0.0156. The summed E-state index contributed by atoms with van der Waals surface area (Å²) < 4.78 is 1.00. The van der Waals surface area contributed by atoms with E-state index in [1.165, 1.54) is 11.1 Å². The molecule has 3 nitrogen and oxygen atoms in total. The lowest BCUT2D eigenvalue weighted by Gasteiger charge is -2.25. The molecule has 4 heteroatoms. The van der Waals surface area contributed by atoms with E-state index >= 15 is 0 Å². The maximum atomic E-state index is 12.3. The molecule has 2 aromatic carbocycles. The maximum absolute atomic E-state index is 12.3. The highest BCUT2D eigenvalue weighted by Crippen LogP contribution is 2.18. The number of nitrogens with one attached hydrogen (secondary N) is 2. The highest BCUT2D eigenvalue weighted by atomic mass is 79.9. The average molecular weight is 331 g/mol. The van der Waals surface area contributed by atoms with Crippen molar-refractivity contribution >= 4 is 27.5 Å². The van der Waals surface area contributed by atoms with Crippen molar-refractivity contribution < 1.29 is 4.79 Å². The molecule has 20 heavy (non-hydrogen) atoms. The van der Waals surface area contributed by atoms with Gasteiger partial charge in [0.25, 0.3) is 0 Å². The second kappa shape index (κ2) is 5.77. The first kappa shape index (κ1) is 13.3. The Balaban J connectivity index is 1.68. The zero-order valence-electron chi connectivity index (χ0n) is 10.9. The molecular weight excluding hydrogens is 316 g/mol. The van der Waals surface area contributed by atoms with Crippen LogP contribution in [0.2, 0.25) is 0 Å². The first-order valence-electron chi connectivity index (χ1n) is 6.59. The van der Waals surface area contributed by atoms with Crippen molar-refractivity contribution in [3.63, 3.8) is 0 Å². The van der Waals surface area contributed by atoms with Gasteiger partial charge in [0.1, 0.15) is 0 Å². The lowest BCUT2D eigenvalue weighted by molar-refractivity contribution is -0.118. The van der Waals surface area contributed by atoms with Gasteiger partial charge < -0.3 is 10.6 Å². The molecule has 0 spiro atoms. The van der Waals surface area contributed by atoms with Crippen LogP contribution in [0.5, 0.6) is 0 Å². The average Bonchev–Trinajstić information content (AvgIpc) is 2.49. The Morgan fingerprint density at radius 2 is 1.80 bits per heavy atom. The Morgan fingerprint density at radius 3 is 2.55 bits per heavy atom. The molecule has 0 fully saturated rings. The molecular formula is C16H15BrN2O. The Kier molecular flexibility index (Phi) is 3.85. The van der Waals surface area contributed by atoms with Crippen molar-refractivity contribution in [2.24, 2.45) is 0 Å². The fourth-order valence-corrected chi connectivity index (χ4v) is 2.67. The Bertz CT molecular complexity index is 625. The van der Waals surface area contributed by atoms with Gasteiger partial charge in [-0.1, -0.05) is 40.2 Å². The summed E-state index contributed by atoms with van der Waals surface area (Å²) in [6, 6.07) is 15.7. The standard InChI is InChI=1S/C16H15BrN2O/c17-13-5-7-14(8-6-13)19-16(20)15-9-11-3-1-2-4-12(11)10-18-15/h1-8,15,18H,9-10H2,(H,19,20)/t15-/m0/s1. The highest BCUT2D eigenvalue weighted by Gasteiger charge is 2.23. The first-order chi connectivity index (χ1) is 9.72. The number of anilines is 1. The molecule has 0 saturated carbocycles. The number of halogens is 1. The number of hydrogen-bond acceptors (Lipinski definition) is 2. The lowest BCUT2D eigenvalue weighted by atomic mass is 9.95. The zero-order chi connectivity index (χ0) is 13.9. The van der Waals surface area contributed by atoms with E-state index in [1.807, 2.05) is 36.4 Å². The largest absolute Gasteiger partial charge is 0.325 e. The molecule has 0 bridgehead atoms.